The second-order valence-electron chi connectivity index (χ2n) is 8.21. The van der Waals surface area contributed by atoms with Gasteiger partial charge in [0.1, 0.15) is 23.2 Å². The van der Waals surface area contributed by atoms with Crippen LogP contribution in [0.15, 0.2) is 30.3 Å². The second-order valence-corrected chi connectivity index (χ2v) is 8.21. The summed E-state index contributed by atoms with van der Waals surface area (Å²) in [5.74, 6) is 0.375. The predicted molar refractivity (Wildman–Crippen MR) is 107 cm³/mol. The van der Waals surface area contributed by atoms with Crippen molar-refractivity contribution in [3.8, 4) is 11.5 Å². The maximum absolute atomic E-state index is 12.4. The third kappa shape index (κ3) is 4.55. The van der Waals surface area contributed by atoms with E-state index in [1.54, 1.807) is 17.0 Å². The summed E-state index contributed by atoms with van der Waals surface area (Å²) in [4.78, 5) is 25.7. The minimum Gasteiger partial charge on any atom is -0.507 e. The van der Waals surface area contributed by atoms with Crippen LogP contribution >= 0.6 is 0 Å². The molecule has 0 aromatic heterocycles. The smallest absolute Gasteiger partial charge is 0.410 e. The van der Waals surface area contributed by atoms with E-state index in [1.807, 2.05) is 39.0 Å². The van der Waals surface area contributed by atoms with Gasteiger partial charge in [0.25, 0.3) is 0 Å². The molecule has 1 fully saturated rings. The van der Waals surface area contributed by atoms with Crippen molar-refractivity contribution in [2.45, 2.75) is 52.2 Å². The first kappa shape index (κ1) is 20.0. The molecule has 0 unspecified atom stereocenters. The Morgan fingerprint density at radius 1 is 1.21 bits per heavy atom. The van der Waals surface area contributed by atoms with E-state index in [-0.39, 0.29) is 23.7 Å². The van der Waals surface area contributed by atoms with Gasteiger partial charge in [0, 0.05) is 11.9 Å². The fourth-order valence-corrected chi connectivity index (χ4v) is 3.38. The van der Waals surface area contributed by atoms with Gasteiger partial charge in [0.2, 0.25) is 0 Å². The molecule has 0 aliphatic carbocycles. The molecule has 150 valence electrons. The van der Waals surface area contributed by atoms with Crippen LogP contribution in [0.4, 0.5) is 4.79 Å². The molecule has 1 heterocycles. The van der Waals surface area contributed by atoms with Gasteiger partial charge in [-0.15, -0.1) is 0 Å². The molecule has 1 amide bonds. The van der Waals surface area contributed by atoms with Crippen LogP contribution in [0.5, 0.6) is 11.5 Å². The van der Waals surface area contributed by atoms with Gasteiger partial charge in [0.15, 0.2) is 5.78 Å². The Kier molecular flexibility index (Phi) is 5.49. The minimum absolute atomic E-state index is 0.0601. The van der Waals surface area contributed by atoms with E-state index in [0.29, 0.717) is 24.4 Å². The fourth-order valence-electron chi connectivity index (χ4n) is 3.38. The molecule has 6 heteroatoms. The van der Waals surface area contributed by atoms with Gasteiger partial charge in [-0.25, -0.2) is 4.79 Å². The molecular weight excluding hydrogens is 358 g/mol. The highest BCUT2D eigenvalue weighted by Gasteiger charge is 2.29. The first-order valence-electron chi connectivity index (χ1n) is 9.55. The van der Waals surface area contributed by atoms with Crippen LogP contribution in [-0.2, 0) is 4.74 Å². The highest BCUT2D eigenvalue weighted by Crippen LogP contribution is 2.33. The molecule has 1 N–H and O–H groups in total. The van der Waals surface area contributed by atoms with E-state index in [4.69, 9.17) is 9.47 Å². The summed E-state index contributed by atoms with van der Waals surface area (Å²) in [5.41, 5.74) is -0.245. The van der Waals surface area contributed by atoms with E-state index in [2.05, 4.69) is 0 Å². The largest absolute Gasteiger partial charge is 0.507 e. The Morgan fingerprint density at radius 3 is 2.64 bits per heavy atom. The number of carbonyl (C=O) groups excluding carboxylic acids is 2. The zero-order chi connectivity index (χ0) is 20.5. The zero-order valence-electron chi connectivity index (χ0n) is 16.8. The van der Waals surface area contributed by atoms with Gasteiger partial charge in [-0.1, -0.05) is 12.1 Å². The Bertz CT molecular complexity index is 900. The first-order chi connectivity index (χ1) is 13.1. The lowest BCUT2D eigenvalue weighted by Crippen LogP contribution is -2.46. The molecule has 0 spiro atoms. The predicted octanol–water partition coefficient (Wildman–Crippen LogP) is 4.53. The average Bonchev–Trinajstić information content (AvgIpc) is 2.60. The van der Waals surface area contributed by atoms with Crippen molar-refractivity contribution in [2.24, 2.45) is 0 Å². The molecule has 6 nitrogen and oxygen atoms in total. The van der Waals surface area contributed by atoms with Gasteiger partial charge in [-0.3, -0.25) is 4.79 Å². The van der Waals surface area contributed by atoms with Crippen LogP contribution in [0.2, 0.25) is 0 Å². The van der Waals surface area contributed by atoms with Crippen LogP contribution in [0.25, 0.3) is 10.8 Å². The molecule has 0 radical (unpaired) electrons. The van der Waals surface area contributed by atoms with E-state index >= 15 is 0 Å². The number of ketones is 1. The van der Waals surface area contributed by atoms with Gasteiger partial charge >= 0.3 is 6.09 Å². The number of ether oxygens (including phenoxy) is 2. The molecule has 1 atom stereocenters. The van der Waals surface area contributed by atoms with E-state index in [1.165, 1.54) is 6.92 Å². The van der Waals surface area contributed by atoms with Crippen molar-refractivity contribution >= 4 is 22.6 Å². The van der Waals surface area contributed by atoms with Crippen molar-refractivity contribution < 1.29 is 24.2 Å². The number of benzene rings is 2. The van der Waals surface area contributed by atoms with Gasteiger partial charge in [0.05, 0.1) is 12.1 Å². The normalized spacial score (nSPS) is 17.4. The standard InChI is InChI=1S/C22H27NO5/c1-14(24)17-11-15-7-5-9-20(18(15)12-19(17)25)27-16-8-6-10-23(13-16)21(26)28-22(2,3)4/h5,7,9,11-12,16,25H,6,8,10,13H2,1-4H3/t16-/m1/s1. The highest BCUT2D eigenvalue weighted by atomic mass is 16.6. The van der Waals surface area contributed by atoms with Crippen molar-refractivity contribution in [2.75, 3.05) is 13.1 Å². The number of likely N-dealkylation sites (tertiary alicyclic amines) is 1. The summed E-state index contributed by atoms with van der Waals surface area (Å²) in [7, 11) is 0. The lowest BCUT2D eigenvalue weighted by Gasteiger charge is -2.34. The quantitative estimate of drug-likeness (QED) is 0.786. The molecule has 3 rings (SSSR count). The molecule has 1 aliphatic heterocycles. The number of carbonyl (C=O) groups is 2. The monoisotopic (exact) mass is 385 g/mol. The number of rotatable bonds is 3. The number of phenols is 1. The number of hydrogen-bond acceptors (Lipinski definition) is 5. The second kappa shape index (κ2) is 7.70. The van der Waals surface area contributed by atoms with Gasteiger partial charge < -0.3 is 19.5 Å². The van der Waals surface area contributed by atoms with Crippen LogP contribution in [-0.4, -0.2) is 46.7 Å². The number of hydrogen-bond donors (Lipinski definition) is 1. The number of amides is 1. The molecule has 0 bridgehead atoms. The molecule has 1 aliphatic rings. The third-order valence-electron chi connectivity index (χ3n) is 4.66. The average molecular weight is 385 g/mol. The summed E-state index contributed by atoms with van der Waals surface area (Å²) < 4.78 is 11.7. The van der Waals surface area contributed by atoms with Crippen molar-refractivity contribution in [3.63, 3.8) is 0 Å². The summed E-state index contributed by atoms with van der Waals surface area (Å²) in [6.07, 6.45) is 1.16. The van der Waals surface area contributed by atoms with Crippen LogP contribution in [0.3, 0.4) is 0 Å². The maximum Gasteiger partial charge on any atom is 0.410 e. The van der Waals surface area contributed by atoms with Crippen LogP contribution in [0, 0.1) is 0 Å². The lowest BCUT2D eigenvalue weighted by molar-refractivity contribution is 0.00793. The fraction of sp³-hybridized carbons (Fsp3) is 0.455. The number of Topliss-reactive ketones (excluding diaryl/α,β-unsaturated/α-hetero) is 1. The summed E-state index contributed by atoms with van der Waals surface area (Å²) >= 11 is 0. The van der Waals surface area contributed by atoms with Crippen molar-refractivity contribution in [3.05, 3.63) is 35.9 Å². The van der Waals surface area contributed by atoms with Crippen LogP contribution in [0.1, 0.15) is 50.9 Å². The lowest BCUT2D eigenvalue weighted by atomic mass is 10.0. The van der Waals surface area contributed by atoms with E-state index in [0.717, 1.165) is 23.6 Å². The molecule has 28 heavy (non-hydrogen) atoms. The van der Waals surface area contributed by atoms with Gasteiger partial charge in [-0.2, -0.15) is 0 Å². The summed E-state index contributed by atoms with van der Waals surface area (Å²) in [5, 5.41) is 11.7. The van der Waals surface area contributed by atoms with Crippen molar-refractivity contribution in [1.29, 1.82) is 0 Å². The summed E-state index contributed by atoms with van der Waals surface area (Å²) in [6, 6.07) is 8.81. The Balaban J connectivity index is 1.79. The molecule has 0 saturated carbocycles. The maximum atomic E-state index is 12.4. The minimum atomic E-state index is -0.535. The molecule has 1 saturated heterocycles. The number of phenolic OH excluding ortho intramolecular Hbond substituents is 1. The number of aromatic hydroxyl groups is 1. The Morgan fingerprint density at radius 2 is 1.96 bits per heavy atom. The van der Waals surface area contributed by atoms with E-state index < -0.39 is 5.60 Å². The highest BCUT2D eigenvalue weighted by molar-refractivity contribution is 6.02. The first-order valence-corrected chi connectivity index (χ1v) is 9.55. The topological polar surface area (TPSA) is 76.1 Å². The molecular formula is C22H27NO5. The summed E-state index contributed by atoms with van der Waals surface area (Å²) in [6.45, 7) is 8.06. The number of nitrogens with zero attached hydrogens (tertiary/aromatic N) is 1. The Hall–Kier alpha value is -2.76. The van der Waals surface area contributed by atoms with E-state index in [9.17, 15) is 14.7 Å². The third-order valence-corrected chi connectivity index (χ3v) is 4.66. The number of piperidine rings is 1. The van der Waals surface area contributed by atoms with Crippen LogP contribution < -0.4 is 4.74 Å². The van der Waals surface area contributed by atoms with Crippen molar-refractivity contribution in [1.82, 2.24) is 4.90 Å². The van der Waals surface area contributed by atoms with Gasteiger partial charge in [-0.05, 0) is 64.1 Å². The number of fused-ring (bicyclic) bond motifs is 1. The Labute approximate surface area is 165 Å². The molecule has 2 aromatic carbocycles. The molecule has 2 aromatic rings. The SMILES string of the molecule is CC(=O)c1cc2cccc(O[C@@H]3CCCN(C(=O)OC(C)(C)C)C3)c2cc1O. The zero-order valence-corrected chi connectivity index (χ0v) is 16.8.